The van der Waals surface area contributed by atoms with Crippen LogP contribution in [-0.4, -0.2) is 5.45 Å². The second-order valence-corrected chi connectivity index (χ2v) is 6.84. The molecule has 2 aromatic carbocycles. The van der Waals surface area contributed by atoms with Crippen LogP contribution in [-0.2, 0) is 0 Å². The molecule has 0 bridgehead atoms. The topological polar surface area (TPSA) is 12.4 Å². The Morgan fingerprint density at radius 3 is 1.89 bits per heavy atom. The van der Waals surface area contributed by atoms with Crippen molar-refractivity contribution in [2.24, 2.45) is 10.4 Å². The lowest BCUT2D eigenvalue weighted by Crippen LogP contribution is -2.18. The summed E-state index contributed by atoms with van der Waals surface area (Å²) < 4.78 is 0. The van der Waals surface area contributed by atoms with E-state index in [2.05, 4.69) is 63.2 Å². The van der Waals surface area contributed by atoms with Gasteiger partial charge in [-0.3, -0.25) is 4.99 Å². The molecule has 0 saturated heterocycles. The van der Waals surface area contributed by atoms with Crippen LogP contribution in [0.4, 0.5) is 5.69 Å². The van der Waals surface area contributed by atoms with Gasteiger partial charge in [0.15, 0.2) is 0 Å². The van der Waals surface area contributed by atoms with Gasteiger partial charge in [0.25, 0.3) is 0 Å². The molecule has 19 heavy (non-hydrogen) atoms. The highest BCUT2D eigenvalue weighted by atomic mass is 31.1. The molecule has 0 aromatic heterocycles. The molecule has 0 aliphatic carbocycles. The highest BCUT2D eigenvalue weighted by molar-refractivity contribution is 7.65. The summed E-state index contributed by atoms with van der Waals surface area (Å²) in [4.78, 5) is 4.85. The molecule has 98 valence electrons. The molecular formula is C17H20NP. The molecule has 0 fully saturated rings. The fraction of sp³-hybridized carbons (Fsp3) is 0.235. The summed E-state index contributed by atoms with van der Waals surface area (Å²) in [6.45, 7) is 6.68. The number of nitrogens with zero attached hydrogens (tertiary/aromatic N) is 1. The fourth-order valence-electron chi connectivity index (χ4n) is 1.67. The molecule has 0 amide bonds. The van der Waals surface area contributed by atoms with Crippen LogP contribution < -0.4 is 5.30 Å². The molecule has 2 heteroatoms. The van der Waals surface area contributed by atoms with Crippen LogP contribution in [0.3, 0.4) is 0 Å². The molecule has 2 aromatic rings. The smallest absolute Gasteiger partial charge is 0.0633 e. The third-order valence-corrected chi connectivity index (χ3v) is 4.46. The minimum atomic E-state index is 0.0874. The van der Waals surface area contributed by atoms with Crippen LogP contribution >= 0.6 is 8.58 Å². The number of para-hydroxylation sites is 1. The molecule has 0 saturated carbocycles. The zero-order valence-electron chi connectivity index (χ0n) is 11.7. The standard InChI is InChI=1S/C17H20NP/c1-17(2,3)16(18-14-10-6-4-7-11-14)19-15-12-8-5-9-13-15/h4-13,19H,1-3H3. The normalized spacial score (nSPS) is 13.1. The fourth-order valence-corrected chi connectivity index (χ4v) is 2.87. The number of aliphatic imine (C=N–C) groups is 1. The molecule has 2 rings (SSSR count). The van der Waals surface area contributed by atoms with Crippen LogP contribution in [0.5, 0.6) is 0 Å². The molecule has 0 aliphatic heterocycles. The molecule has 0 spiro atoms. The average Bonchev–Trinajstić information content (AvgIpc) is 2.39. The first-order valence-electron chi connectivity index (χ1n) is 6.52. The second kappa shape index (κ2) is 6.12. The third kappa shape index (κ3) is 4.29. The van der Waals surface area contributed by atoms with Gasteiger partial charge in [-0.1, -0.05) is 69.3 Å². The van der Waals surface area contributed by atoms with Crippen molar-refractivity contribution in [2.75, 3.05) is 0 Å². The molecule has 0 radical (unpaired) electrons. The van der Waals surface area contributed by atoms with Gasteiger partial charge in [-0.2, -0.15) is 0 Å². The van der Waals surface area contributed by atoms with Crippen molar-refractivity contribution >= 4 is 25.0 Å². The minimum absolute atomic E-state index is 0.0874. The molecule has 0 N–H and O–H groups in total. The highest BCUT2D eigenvalue weighted by Gasteiger charge is 2.19. The van der Waals surface area contributed by atoms with E-state index >= 15 is 0 Å². The van der Waals surface area contributed by atoms with Crippen molar-refractivity contribution in [3.05, 3.63) is 60.7 Å². The zero-order valence-corrected chi connectivity index (χ0v) is 12.7. The van der Waals surface area contributed by atoms with Crippen LogP contribution in [0.25, 0.3) is 0 Å². The monoisotopic (exact) mass is 269 g/mol. The largest absolute Gasteiger partial charge is 0.252 e. The van der Waals surface area contributed by atoms with E-state index in [1.807, 2.05) is 18.2 Å². The number of rotatable bonds is 3. The van der Waals surface area contributed by atoms with E-state index in [-0.39, 0.29) is 5.41 Å². The lowest BCUT2D eigenvalue weighted by atomic mass is 9.98. The molecular weight excluding hydrogens is 249 g/mol. The summed E-state index contributed by atoms with van der Waals surface area (Å²) in [5, 5.41) is 1.34. The number of hydrogen-bond acceptors (Lipinski definition) is 1. The Kier molecular flexibility index (Phi) is 4.50. The summed E-state index contributed by atoms with van der Waals surface area (Å²) in [6.07, 6.45) is 0. The van der Waals surface area contributed by atoms with E-state index in [1.165, 1.54) is 10.8 Å². The molecule has 1 atom stereocenters. The van der Waals surface area contributed by atoms with E-state index in [0.29, 0.717) is 8.58 Å². The lowest BCUT2D eigenvalue weighted by molar-refractivity contribution is 0.601. The molecule has 0 heterocycles. The first kappa shape index (κ1) is 14.0. The van der Waals surface area contributed by atoms with Crippen molar-refractivity contribution in [3.63, 3.8) is 0 Å². The van der Waals surface area contributed by atoms with E-state index in [9.17, 15) is 0 Å². The first-order valence-corrected chi connectivity index (χ1v) is 7.52. The summed E-state index contributed by atoms with van der Waals surface area (Å²) in [7, 11) is 0.623. The summed E-state index contributed by atoms with van der Waals surface area (Å²) in [5.74, 6) is 0. The quantitative estimate of drug-likeness (QED) is 0.562. The Morgan fingerprint density at radius 1 is 0.842 bits per heavy atom. The van der Waals surface area contributed by atoms with Gasteiger partial charge in [-0.15, -0.1) is 0 Å². The summed E-state index contributed by atoms with van der Waals surface area (Å²) in [6, 6.07) is 20.8. The SMILES string of the molecule is CC(C)(C)C(=Nc1ccccc1)Pc1ccccc1. The van der Waals surface area contributed by atoms with Crippen LogP contribution in [0.15, 0.2) is 65.7 Å². The Hall–Kier alpha value is -1.46. The summed E-state index contributed by atoms with van der Waals surface area (Å²) >= 11 is 0. The van der Waals surface area contributed by atoms with Crippen LogP contribution in [0.1, 0.15) is 20.8 Å². The van der Waals surface area contributed by atoms with Crippen LogP contribution in [0.2, 0.25) is 0 Å². The predicted octanol–water partition coefficient (Wildman–Crippen LogP) is 4.77. The van der Waals surface area contributed by atoms with E-state index in [4.69, 9.17) is 4.99 Å². The average molecular weight is 269 g/mol. The summed E-state index contributed by atoms with van der Waals surface area (Å²) in [5.41, 5.74) is 2.37. The highest BCUT2D eigenvalue weighted by Crippen LogP contribution is 2.31. The third-order valence-electron chi connectivity index (χ3n) is 2.74. The van der Waals surface area contributed by atoms with Gasteiger partial charge in [-0.25, -0.2) is 0 Å². The van der Waals surface area contributed by atoms with Gasteiger partial charge >= 0.3 is 0 Å². The number of benzene rings is 2. The van der Waals surface area contributed by atoms with Crippen molar-refractivity contribution in [1.82, 2.24) is 0 Å². The maximum atomic E-state index is 4.85. The Morgan fingerprint density at radius 2 is 1.37 bits per heavy atom. The van der Waals surface area contributed by atoms with Crippen molar-refractivity contribution in [3.8, 4) is 0 Å². The Labute approximate surface area is 117 Å². The van der Waals surface area contributed by atoms with Crippen molar-refractivity contribution < 1.29 is 0 Å². The maximum Gasteiger partial charge on any atom is 0.0633 e. The lowest BCUT2D eigenvalue weighted by Gasteiger charge is -2.21. The van der Waals surface area contributed by atoms with Gasteiger partial charge in [0, 0.05) is 10.9 Å². The van der Waals surface area contributed by atoms with Gasteiger partial charge in [-0.05, 0) is 26.0 Å². The molecule has 0 aliphatic rings. The Balaban J connectivity index is 2.30. The van der Waals surface area contributed by atoms with Gasteiger partial charge in [0.2, 0.25) is 0 Å². The van der Waals surface area contributed by atoms with Crippen LogP contribution in [0, 0.1) is 5.41 Å². The molecule has 1 nitrogen and oxygen atoms in total. The Bertz CT molecular complexity index is 538. The number of hydrogen-bond donors (Lipinski definition) is 0. The zero-order chi connectivity index (χ0) is 13.7. The first-order chi connectivity index (χ1) is 9.05. The minimum Gasteiger partial charge on any atom is -0.252 e. The maximum absolute atomic E-state index is 4.85. The van der Waals surface area contributed by atoms with Gasteiger partial charge < -0.3 is 0 Å². The van der Waals surface area contributed by atoms with E-state index < -0.39 is 0 Å². The van der Waals surface area contributed by atoms with Crippen molar-refractivity contribution in [2.45, 2.75) is 20.8 Å². The second-order valence-electron chi connectivity index (χ2n) is 5.54. The van der Waals surface area contributed by atoms with Gasteiger partial charge in [0.1, 0.15) is 0 Å². The molecule has 1 unspecified atom stereocenters. The van der Waals surface area contributed by atoms with E-state index in [0.717, 1.165) is 5.69 Å². The predicted molar refractivity (Wildman–Crippen MR) is 87.4 cm³/mol. The van der Waals surface area contributed by atoms with E-state index in [1.54, 1.807) is 0 Å². The van der Waals surface area contributed by atoms with Crippen molar-refractivity contribution in [1.29, 1.82) is 0 Å². The van der Waals surface area contributed by atoms with Gasteiger partial charge in [0.05, 0.1) is 5.69 Å².